The minimum atomic E-state index is 0. The predicted molar refractivity (Wildman–Crippen MR) is 80.6 cm³/mol. The monoisotopic (exact) mass is 347 g/mol. The SMILES string of the molecule is C#CCNC(=NCCc1ccco1)NCC.I. The van der Waals surface area contributed by atoms with E-state index in [1.807, 2.05) is 19.1 Å². The van der Waals surface area contributed by atoms with Crippen molar-refractivity contribution in [3.05, 3.63) is 24.2 Å². The van der Waals surface area contributed by atoms with Crippen LogP contribution in [-0.4, -0.2) is 25.6 Å². The lowest BCUT2D eigenvalue weighted by Gasteiger charge is -2.08. The van der Waals surface area contributed by atoms with Gasteiger partial charge in [0.1, 0.15) is 5.76 Å². The highest BCUT2D eigenvalue weighted by atomic mass is 127. The van der Waals surface area contributed by atoms with Crippen molar-refractivity contribution in [1.82, 2.24) is 10.6 Å². The highest BCUT2D eigenvalue weighted by Crippen LogP contribution is 2.00. The summed E-state index contributed by atoms with van der Waals surface area (Å²) in [7, 11) is 0. The van der Waals surface area contributed by atoms with Gasteiger partial charge in [-0.25, -0.2) is 0 Å². The molecule has 0 saturated heterocycles. The highest BCUT2D eigenvalue weighted by molar-refractivity contribution is 14.0. The van der Waals surface area contributed by atoms with Crippen LogP contribution in [0.25, 0.3) is 0 Å². The molecule has 0 aliphatic carbocycles. The minimum Gasteiger partial charge on any atom is -0.469 e. The molecular weight excluding hydrogens is 329 g/mol. The molecule has 1 heterocycles. The van der Waals surface area contributed by atoms with E-state index in [4.69, 9.17) is 10.8 Å². The number of halogens is 1. The molecular formula is C12H18IN3O. The molecule has 0 aliphatic rings. The molecule has 1 aromatic rings. The fourth-order valence-electron chi connectivity index (χ4n) is 1.21. The first-order valence-electron chi connectivity index (χ1n) is 5.34. The van der Waals surface area contributed by atoms with Crippen molar-refractivity contribution in [3.8, 4) is 12.3 Å². The van der Waals surface area contributed by atoms with Gasteiger partial charge in [0.2, 0.25) is 0 Å². The van der Waals surface area contributed by atoms with Crippen LogP contribution in [0.15, 0.2) is 27.8 Å². The van der Waals surface area contributed by atoms with E-state index < -0.39 is 0 Å². The maximum absolute atomic E-state index is 5.21. The second-order valence-electron chi connectivity index (χ2n) is 3.15. The minimum absolute atomic E-state index is 0. The van der Waals surface area contributed by atoms with E-state index in [-0.39, 0.29) is 24.0 Å². The summed E-state index contributed by atoms with van der Waals surface area (Å²) < 4.78 is 5.21. The molecule has 0 radical (unpaired) electrons. The van der Waals surface area contributed by atoms with Gasteiger partial charge >= 0.3 is 0 Å². The summed E-state index contributed by atoms with van der Waals surface area (Å²) in [5.74, 6) is 4.19. The lowest BCUT2D eigenvalue weighted by Crippen LogP contribution is -2.37. The van der Waals surface area contributed by atoms with E-state index in [2.05, 4.69) is 21.5 Å². The number of rotatable bonds is 5. The smallest absolute Gasteiger partial charge is 0.192 e. The average Bonchev–Trinajstić information content (AvgIpc) is 2.79. The van der Waals surface area contributed by atoms with Crippen LogP contribution in [0.3, 0.4) is 0 Å². The molecule has 94 valence electrons. The van der Waals surface area contributed by atoms with Crippen LogP contribution in [0.2, 0.25) is 0 Å². The Morgan fingerprint density at radius 1 is 1.53 bits per heavy atom. The molecule has 0 aromatic carbocycles. The molecule has 4 nitrogen and oxygen atoms in total. The van der Waals surface area contributed by atoms with Crippen molar-refractivity contribution in [1.29, 1.82) is 0 Å². The standard InChI is InChI=1S/C12H17N3O.HI/c1-3-8-14-12(13-4-2)15-9-7-11-6-5-10-16-11;/h1,5-6,10H,4,7-9H2,2H3,(H2,13,14,15);1H. The first kappa shape index (κ1) is 15.8. The number of nitrogens with one attached hydrogen (secondary N) is 2. The highest BCUT2D eigenvalue weighted by Gasteiger charge is 1.96. The number of hydrogen-bond acceptors (Lipinski definition) is 2. The van der Waals surface area contributed by atoms with Crippen LogP contribution < -0.4 is 10.6 Å². The fraction of sp³-hybridized carbons (Fsp3) is 0.417. The molecule has 2 N–H and O–H groups in total. The van der Waals surface area contributed by atoms with Crippen LogP contribution in [0.1, 0.15) is 12.7 Å². The van der Waals surface area contributed by atoms with E-state index in [1.165, 1.54) is 0 Å². The largest absolute Gasteiger partial charge is 0.469 e. The molecule has 17 heavy (non-hydrogen) atoms. The second kappa shape index (κ2) is 10.0. The number of terminal acetylenes is 1. The van der Waals surface area contributed by atoms with Crippen molar-refractivity contribution in [2.75, 3.05) is 19.6 Å². The van der Waals surface area contributed by atoms with Gasteiger partial charge in [0.15, 0.2) is 5.96 Å². The molecule has 5 heteroatoms. The van der Waals surface area contributed by atoms with E-state index in [9.17, 15) is 0 Å². The Morgan fingerprint density at radius 2 is 2.35 bits per heavy atom. The van der Waals surface area contributed by atoms with Gasteiger partial charge in [0, 0.05) is 19.5 Å². The van der Waals surface area contributed by atoms with Gasteiger partial charge in [0.05, 0.1) is 12.8 Å². The molecule has 0 unspecified atom stereocenters. The zero-order valence-corrected chi connectivity index (χ0v) is 12.2. The third-order valence-corrected chi connectivity index (χ3v) is 1.91. The van der Waals surface area contributed by atoms with Gasteiger partial charge in [-0.3, -0.25) is 4.99 Å². The average molecular weight is 347 g/mol. The Balaban J connectivity index is 0.00000256. The summed E-state index contributed by atoms with van der Waals surface area (Å²) in [6, 6.07) is 3.82. The number of guanidine groups is 1. The Bertz CT molecular complexity index is 354. The van der Waals surface area contributed by atoms with E-state index >= 15 is 0 Å². The number of nitrogens with zero attached hydrogens (tertiary/aromatic N) is 1. The molecule has 1 rings (SSSR count). The zero-order chi connectivity index (χ0) is 11.6. The molecule has 1 aromatic heterocycles. The fourth-order valence-corrected chi connectivity index (χ4v) is 1.21. The van der Waals surface area contributed by atoms with Crippen molar-refractivity contribution < 1.29 is 4.42 Å². The van der Waals surface area contributed by atoms with Gasteiger partial charge in [-0.05, 0) is 19.1 Å². The van der Waals surface area contributed by atoms with Crippen LogP contribution in [-0.2, 0) is 6.42 Å². The first-order valence-corrected chi connectivity index (χ1v) is 5.34. The Morgan fingerprint density at radius 3 is 2.94 bits per heavy atom. The van der Waals surface area contributed by atoms with Gasteiger partial charge in [-0.15, -0.1) is 30.4 Å². The van der Waals surface area contributed by atoms with Crippen molar-refractivity contribution in [3.63, 3.8) is 0 Å². The number of hydrogen-bond donors (Lipinski definition) is 2. The third kappa shape index (κ3) is 6.89. The first-order chi connectivity index (χ1) is 7.86. The maximum atomic E-state index is 5.21. The Labute approximate surface area is 119 Å². The van der Waals surface area contributed by atoms with E-state index in [0.29, 0.717) is 13.1 Å². The van der Waals surface area contributed by atoms with Gasteiger partial charge < -0.3 is 15.1 Å². The normalized spacial score (nSPS) is 10.2. The maximum Gasteiger partial charge on any atom is 0.192 e. The second-order valence-corrected chi connectivity index (χ2v) is 3.15. The Kier molecular flexibility index (Phi) is 9.34. The van der Waals surface area contributed by atoms with Gasteiger partial charge in [-0.1, -0.05) is 5.92 Å². The molecule has 0 saturated carbocycles. The molecule has 0 bridgehead atoms. The van der Waals surface area contributed by atoms with Crippen LogP contribution in [0.5, 0.6) is 0 Å². The van der Waals surface area contributed by atoms with Crippen molar-refractivity contribution in [2.24, 2.45) is 4.99 Å². The van der Waals surface area contributed by atoms with Crippen LogP contribution in [0, 0.1) is 12.3 Å². The van der Waals surface area contributed by atoms with E-state index in [1.54, 1.807) is 6.26 Å². The molecule has 0 fully saturated rings. The molecule has 0 spiro atoms. The summed E-state index contributed by atoms with van der Waals surface area (Å²) >= 11 is 0. The van der Waals surface area contributed by atoms with Crippen molar-refractivity contribution in [2.45, 2.75) is 13.3 Å². The third-order valence-electron chi connectivity index (χ3n) is 1.91. The summed E-state index contributed by atoms with van der Waals surface area (Å²) in [5, 5.41) is 6.13. The quantitative estimate of drug-likeness (QED) is 0.368. The molecule has 0 amide bonds. The number of furan rings is 1. The lowest BCUT2D eigenvalue weighted by molar-refractivity contribution is 0.511. The number of aliphatic imine (C=N–C) groups is 1. The topological polar surface area (TPSA) is 49.6 Å². The van der Waals surface area contributed by atoms with Crippen molar-refractivity contribution >= 4 is 29.9 Å². The molecule has 0 aliphatic heterocycles. The Hall–Kier alpha value is -1.16. The molecule has 0 atom stereocenters. The summed E-state index contributed by atoms with van der Waals surface area (Å²) in [6.45, 7) is 3.98. The van der Waals surface area contributed by atoms with Crippen LogP contribution >= 0.6 is 24.0 Å². The van der Waals surface area contributed by atoms with E-state index in [0.717, 1.165) is 24.7 Å². The zero-order valence-electron chi connectivity index (χ0n) is 9.90. The van der Waals surface area contributed by atoms with Gasteiger partial charge in [-0.2, -0.15) is 0 Å². The predicted octanol–water partition coefficient (Wildman–Crippen LogP) is 1.63. The summed E-state index contributed by atoms with van der Waals surface area (Å²) in [4.78, 5) is 4.36. The van der Waals surface area contributed by atoms with Crippen LogP contribution in [0.4, 0.5) is 0 Å². The van der Waals surface area contributed by atoms with Gasteiger partial charge in [0.25, 0.3) is 0 Å². The summed E-state index contributed by atoms with van der Waals surface area (Å²) in [6.07, 6.45) is 7.63. The summed E-state index contributed by atoms with van der Waals surface area (Å²) in [5.41, 5.74) is 0. The lowest BCUT2D eigenvalue weighted by atomic mass is 10.3.